The van der Waals surface area contributed by atoms with Crippen LogP contribution >= 0.6 is 0 Å². The van der Waals surface area contributed by atoms with Crippen LogP contribution < -0.4 is 10.3 Å². The Morgan fingerprint density at radius 1 is 1.06 bits per heavy atom. The largest absolute Gasteiger partial charge is 0.378 e. The smallest absolute Gasteiger partial charge is 0.164 e. The van der Waals surface area contributed by atoms with Gasteiger partial charge >= 0.3 is 0 Å². The van der Waals surface area contributed by atoms with Crippen molar-refractivity contribution in [1.82, 2.24) is 19.5 Å². The molecule has 32 heavy (non-hydrogen) atoms. The summed E-state index contributed by atoms with van der Waals surface area (Å²) in [5.41, 5.74) is 8.79. The Balaban J connectivity index is 1.55. The Kier molecular flexibility index (Phi) is 5.51. The highest BCUT2D eigenvalue weighted by Crippen LogP contribution is 2.31. The average molecular weight is 428 g/mol. The maximum Gasteiger partial charge on any atom is 0.164 e. The second-order valence-corrected chi connectivity index (χ2v) is 7.79. The number of rotatable bonds is 5. The number of benzene rings is 1. The molecular weight excluding hydrogens is 402 g/mol. The van der Waals surface area contributed by atoms with Gasteiger partial charge in [0.15, 0.2) is 17.3 Å². The Morgan fingerprint density at radius 3 is 2.72 bits per heavy atom. The van der Waals surface area contributed by atoms with Crippen molar-refractivity contribution < 1.29 is 4.74 Å². The summed E-state index contributed by atoms with van der Waals surface area (Å²) in [5.74, 6) is 1.45. The third kappa shape index (κ3) is 4.04. The molecule has 1 fully saturated rings. The number of hydrogen-bond acceptors (Lipinski definition) is 7. The summed E-state index contributed by atoms with van der Waals surface area (Å²) in [5, 5.41) is 4.42. The van der Waals surface area contributed by atoms with Gasteiger partial charge in [0.2, 0.25) is 0 Å². The topological polar surface area (TPSA) is 80.5 Å². The fourth-order valence-corrected chi connectivity index (χ4v) is 3.88. The second kappa shape index (κ2) is 8.76. The Hall–Kier alpha value is -3.78. The van der Waals surface area contributed by atoms with Crippen LogP contribution in [-0.4, -0.2) is 52.0 Å². The van der Waals surface area contributed by atoms with E-state index in [2.05, 4.69) is 39.5 Å². The van der Waals surface area contributed by atoms with Gasteiger partial charge in [0, 0.05) is 32.4 Å². The predicted octanol–water partition coefficient (Wildman–Crippen LogP) is 3.62. The number of ether oxygens (including phenoxy) is 1. The van der Waals surface area contributed by atoms with Crippen molar-refractivity contribution in [2.45, 2.75) is 6.92 Å². The molecule has 1 aliphatic rings. The highest BCUT2D eigenvalue weighted by molar-refractivity contribution is 5.91. The van der Waals surface area contributed by atoms with Gasteiger partial charge in [-0.15, -0.1) is 0 Å². The van der Waals surface area contributed by atoms with E-state index in [1.54, 1.807) is 12.4 Å². The Bertz CT molecular complexity index is 1260. The first-order chi connectivity index (χ1) is 15.7. The molecule has 5 rings (SSSR count). The molecule has 0 aliphatic carbocycles. The summed E-state index contributed by atoms with van der Waals surface area (Å²) in [6.07, 6.45) is 3.58. The van der Waals surface area contributed by atoms with Crippen LogP contribution in [0.2, 0.25) is 0 Å². The molecular formula is C24H25N7O. The number of hydrogen-bond donors (Lipinski definition) is 1. The van der Waals surface area contributed by atoms with Gasteiger partial charge in [-0.25, -0.2) is 9.97 Å². The molecule has 0 saturated carbocycles. The average Bonchev–Trinajstić information content (AvgIpc) is 3.16. The summed E-state index contributed by atoms with van der Waals surface area (Å²) in [4.78, 5) is 16.5. The van der Waals surface area contributed by atoms with Gasteiger partial charge in [0.25, 0.3) is 0 Å². The molecule has 4 aromatic rings. The van der Waals surface area contributed by atoms with Gasteiger partial charge in [-0.2, -0.15) is 5.10 Å². The standard InChI is InChI=1S/C24H25N7O/c1-17-6-5-7-18(14-17)16-26-29-21-15-20(31-10-12-32-13-11-31)22-24(27-21)30(2)23(28-22)19-8-3-4-9-25-19/h3-9,14-16H,10-13H2,1-2H3,(H,27,29)/b26-16+. The van der Waals surface area contributed by atoms with Gasteiger partial charge in [-0.05, 0) is 24.6 Å². The van der Waals surface area contributed by atoms with Gasteiger partial charge in [-0.3, -0.25) is 10.4 Å². The summed E-state index contributed by atoms with van der Waals surface area (Å²) in [6.45, 7) is 5.06. The molecule has 0 bridgehead atoms. The number of morpholine rings is 1. The van der Waals surface area contributed by atoms with Crippen LogP contribution in [0.3, 0.4) is 0 Å². The lowest BCUT2D eigenvalue weighted by Gasteiger charge is -2.29. The van der Waals surface area contributed by atoms with E-state index in [4.69, 9.17) is 14.7 Å². The quantitative estimate of drug-likeness (QED) is 0.387. The fraction of sp³-hybridized carbons (Fsp3) is 0.250. The monoisotopic (exact) mass is 427 g/mol. The first-order valence-corrected chi connectivity index (χ1v) is 10.7. The number of fused-ring (bicyclic) bond motifs is 1. The van der Waals surface area contributed by atoms with Crippen molar-refractivity contribution in [2.75, 3.05) is 36.6 Å². The molecule has 3 aromatic heterocycles. The number of pyridine rings is 2. The van der Waals surface area contributed by atoms with Crippen LogP contribution in [0.4, 0.5) is 11.5 Å². The van der Waals surface area contributed by atoms with E-state index >= 15 is 0 Å². The normalized spacial score (nSPS) is 14.4. The summed E-state index contributed by atoms with van der Waals surface area (Å²) < 4.78 is 7.54. The van der Waals surface area contributed by atoms with Crippen LogP contribution in [0.1, 0.15) is 11.1 Å². The minimum atomic E-state index is 0.665. The van der Waals surface area contributed by atoms with E-state index in [0.717, 1.165) is 47.0 Å². The molecule has 0 spiro atoms. The predicted molar refractivity (Wildman–Crippen MR) is 127 cm³/mol. The highest BCUT2D eigenvalue weighted by atomic mass is 16.5. The van der Waals surface area contributed by atoms with E-state index in [1.165, 1.54) is 5.56 Å². The van der Waals surface area contributed by atoms with Crippen molar-refractivity contribution >= 4 is 28.9 Å². The molecule has 8 heteroatoms. The molecule has 162 valence electrons. The first-order valence-electron chi connectivity index (χ1n) is 10.7. The van der Waals surface area contributed by atoms with Gasteiger partial charge in [-0.1, -0.05) is 35.9 Å². The molecule has 8 nitrogen and oxygen atoms in total. The maximum absolute atomic E-state index is 5.55. The van der Waals surface area contributed by atoms with Crippen molar-refractivity contribution in [3.8, 4) is 11.5 Å². The molecule has 4 heterocycles. The zero-order chi connectivity index (χ0) is 21.9. The van der Waals surface area contributed by atoms with Crippen molar-refractivity contribution in [3.63, 3.8) is 0 Å². The van der Waals surface area contributed by atoms with Gasteiger partial charge in [0.1, 0.15) is 11.2 Å². The fourth-order valence-electron chi connectivity index (χ4n) is 3.88. The Labute approximate surface area is 186 Å². The third-order valence-electron chi connectivity index (χ3n) is 5.49. The summed E-state index contributed by atoms with van der Waals surface area (Å²) in [7, 11) is 1.97. The molecule has 1 aromatic carbocycles. The zero-order valence-electron chi connectivity index (χ0n) is 18.2. The molecule has 0 radical (unpaired) electrons. The molecule has 1 N–H and O–H groups in total. The lowest BCUT2D eigenvalue weighted by atomic mass is 10.2. The van der Waals surface area contributed by atoms with Crippen LogP contribution in [0.5, 0.6) is 0 Å². The summed E-state index contributed by atoms with van der Waals surface area (Å²) >= 11 is 0. The van der Waals surface area contributed by atoms with Gasteiger partial charge in [0.05, 0.1) is 25.1 Å². The number of imidazole rings is 1. The van der Waals surface area contributed by atoms with Crippen molar-refractivity contribution in [2.24, 2.45) is 12.1 Å². The minimum Gasteiger partial charge on any atom is -0.378 e. The molecule has 0 amide bonds. The minimum absolute atomic E-state index is 0.665. The van der Waals surface area contributed by atoms with Gasteiger partial charge < -0.3 is 14.2 Å². The van der Waals surface area contributed by atoms with E-state index in [9.17, 15) is 0 Å². The molecule has 0 unspecified atom stereocenters. The van der Waals surface area contributed by atoms with E-state index in [1.807, 2.05) is 48.0 Å². The SMILES string of the molecule is Cc1cccc(/C=N/Nc2cc(N3CCOCC3)c3nc(-c4ccccn4)n(C)c3n2)c1. The molecule has 1 aliphatic heterocycles. The van der Waals surface area contributed by atoms with Crippen LogP contribution in [0, 0.1) is 6.92 Å². The number of hydrazone groups is 1. The van der Waals surface area contributed by atoms with E-state index in [0.29, 0.717) is 19.0 Å². The maximum atomic E-state index is 5.55. The number of anilines is 2. The van der Waals surface area contributed by atoms with Crippen molar-refractivity contribution in [1.29, 1.82) is 0 Å². The third-order valence-corrected chi connectivity index (χ3v) is 5.49. The first kappa shape index (κ1) is 20.1. The second-order valence-electron chi connectivity index (χ2n) is 7.79. The lowest BCUT2D eigenvalue weighted by Crippen LogP contribution is -2.36. The number of nitrogens with zero attached hydrogens (tertiary/aromatic N) is 6. The lowest BCUT2D eigenvalue weighted by molar-refractivity contribution is 0.123. The van der Waals surface area contributed by atoms with E-state index < -0.39 is 0 Å². The number of aromatic nitrogens is 4. The van der Waals surface area contributed by atoms with Crippen LogP contribution in [0.15, 0.2) is 59.8 Å². The molecule has 1 saturated heterocycles. The number of nitrogens with one attached hydrogen (secondary N) is 1. The van der Waals surface area contributed by atoms with Crippen LogP contribution in [-0.2, 0) is 11.8 Å². The summed E-state index contributed by atoms with van der Waals surface area (Å²) in [6, 6.07) is 16.0. The van der Waals surface area contributed by atoms with Crippen molar-refractivity contribution in [3.05, 3.63) is 65.9 Å². The van der Waals surface area contributed by atoms with Crippen LogP contribution in [0.25, 0.3) is 22.7 Å². The highest BCUT2D eigenvalue weighted by Gasteiger charge is 2.21. The molecule has 0 atom stereocenters. The number of aryl methyl sites for hydroxylation is 2. The zero-order valence-corrected chi connectivity index (χ0v) is 18.2. The Morgan fingerprint density at radius 2 is 1.94 bits per heavy atom. The van der Waals surface area contributed by atoms with E-state index in [-0.39, 0.29) is 0 Å².